The number of hydrogen-bond donors (Lipinski definition) is 3. The van der Waals surface area contributed by atoms with Crippen molar-refractivity contribution in [3.63, 3.8) is 0 Å². The predicted octanol–water partition coefficient (Wildman–Crippen LogP) is 4.12. The smallest absolute Gasteiger partial charge is 0.339 e. The minimum Gasteiger partial charge on any atom is -0.507 e. The Bertz CT molecular complexity index is 670. The van der Waals surface area contributed by atoms with E-state index in [1.807, 2.05) is 19.9 Å². The number of aromatic carboxylic acids is 1. The first-order chi connectivity index (χ1) is 10.2. The van der Waals surface area contributed by atoms with Gasteiger partial charge in [0.15, 0.2) is 0 Å². The highest BCUT2D eigenvalue weighted by molar-refractivity contribution is 5.93. The second-order valence-electron chi connectivity index (χ2n) is 6.19. The van der Waals surface area contributed by atoms with E-state index in [9.17, 15) is 20.1 Å². The zero-order valence-corrected chi connectivity index (χ0v) is 13.2. The summed E-state index contributed by atoms with van der Waals surface area (Å²) in [6.07, 6.45) is 3.81. The van der Waals surface area contributed by atoms with Crippen molar-refractivity contribution in [1.82, 2.24) is 0 Å². The largest absolute Gasteiger partial charge is 0.507 e. The van der Waals surface area contributed by atoms with E-state index in [0.29, 0.717) is 5.56 Å². The van der Waals surface area contributed by atoms with Crippen LogP contribution >= 0.6 is 0 Å². The summed E-state index contributed by atoms with van der Waals surface area (Å²) in [5.41, 5.74) is 2.61. The van der Waals surface area contributed by atoms with Gasteiger partial charge in [-0.3, -0.25) is 0 Å². The number of rotatable bonds is 3. The number of aromatic hydroxyl groups is 2. The van der Waals surface area contributed by atoms with Crippen LogP contribution in [-0.2, 0) is 0 Å². The van der Waals surface area contributed by atoms with Crippen molar-refractivity contribution in [3.05, 3.63) is 46.6 Å². The van der Waals surface area contributed by atoms with Gasteiger partial charge < -0.3 is 15.3 Å². The summed E-state index contributed by atoms with van der Waals surface area (Å²) in [5, 5.41) is 30.1. The topological polar surface area (TPSA) is 77.8 Å². The molecule has 0 bridgehead atoms. The molecule has 4 nitrogen and oxygen atoms in total. The molecule has 1 aromatic carbocycles. The van der Waals surface area contributed by atoms with Gasteiger partial charge in [0.25, 0.3) is 0 Å². The molecular weight excluding hydrogens is 280 g/mol. The maximum atomic E-state index is 11.4. The molecule has 22 heavy (non-hydrogen) atoms. The van der Waals surface area contributed by atoms with Gasteiger partial charge in [0, 0.05) is 11.5 Å². The van der Waals surface area contributed by atoms with Crippen molar-refractivity contribution in [1.29, 1.82) is 0 Å². The zero-order chi connectivity index (χ0) is 16.6. The molecule has 0 amide bonds. The number of carboxylic acid groups (broad SMARTS) is 1. The Morgan fingerprint density at radius 2 is 1.95 bits per heavy atom. The molecule has 2 atom stereocenters. The number of carboxylic acids is 1. The quantitative estimate of drug-likeness (QED) is 0.734. The SMILES string of the molecule is C=C(C)[C@@H]1CCC(C)=C[C@H]1c1c(O)cc(C)c(C(=O)O)c1O. The molecular formula is C18H22O4. The highest BCUT2D eigenvalue weighted by Crippen LogP contribution is 2.47. The molecule has 0 saturated heterocycles. The lowest BCUT2D eigenvalue weighted by atomic mass is 9.73. The van der Waals surface area contributed by atoms with Crippen LogP contribution in [0.15, 0.2) is 29.9 Å². The van der Waals surface area contributed by atoms with Crippen LogP contribution in [0.25, 0.3) is 0 Å². The molecule has 3 N–H and O–H groups in total. The fourth-order valence-electron chi connectivity index (χ4n) is 3.30. The number of allylic oxidation sites excluding steroid dienone is 3. The van der Waals surface area contributed by atoms with E-state index in [0.717, 1.165) is 18.4 Å². The fourth-order valence-corrected chi connectivity index (χ4v) is 3.30. The minimum absolute atomic E-state index is 0.0674. The Morgan fingerprint density at radius 3 is 2.50 bits per heavy atom. The first-order valence-corrected chi connectivity index (χ1v) is 7.35. The van der Waals surface area contributed by atoms with Gasteiger partial charge in [-0.05, 0) is 51.2 Å². The summed E-state index contributed by atoms with van der Waals surface area (Å²) in [5.74, 6) is -1.79. The van der Waals surface area contributed by atoms with E-state index in [2.05, 4.69) is 6.58 Å². The molecule has 1 aliphatic carbocycles. The summed E-state index contributed by atoms with van der Waals surface area (Å²) in [6.45, 7) is 9.49. The predicted molar refractivity (Wildman–Crippen MR) is 85.5 cm³/mol. The third-order valence-corrected chi connectivity index (χ3v) is 4.44. The first kappa shape index (κ1) is 16.1. The Kier molecular flexibility index (Phi) is 4.31. The van der Waals surface area contributed by atoms with Crippen LogP contribution in [0, 0.1) is 12.8 Å². The molecule has 0 radical (unpaired) electrons. The number of phenols is 2. The van der Waals surface area contributed by atoms with Gasteiger partial charge >= 0.3 is 5.97 Å². The van der Waals surface area contributed by atoms with Gasteiger partial charge in [0.1, 0.15) is 17.1 Å². The van der Waals surface area contributed by atoms with Crippen molar-refractivity contribution >= 4 is 5.97 Å². The highest BCUT2D eigenvalue weighted by atomic mass is 16.4. The lowest BCUT2D eigenvalue weighted by molar-refractivity contribution is 0.0692. The van der Waals surface area contributed by atoms with Crippen LogP contribution in [0.3, 0.4) is 0 Å². The Labute approximate surface area is 130 Å². The van der Waals surface area contributed by atoms with Gasteiger partial charge in [0.2, 0.25) is 0 Å². The van der Waals surface area contributed by atoms with Gasteiger partial charge in [-0.15, -0.1) is 0 Å². The minimum atomic E-state index is -1.19. The fraction of sp³-hybridized carbons (Fsp3) is 0.389. The summed E-state index contributed by atoms with van der Waals surface area (Å²) >= 11 is 0. The van der Waals surface area contributed by atoms with Crippen molar-refractivity contribution in [2.75, 3.05) is 0 Å². The van der Waals surface area contributed by atoms with E-state index in [1.165, 1.54) is 11.6 Å². The maximum absolute atomic E-state index is 11.4. The molecule has 118 valence electrons. The highest BCUT2D eigenvalue weighted by Gasteiger charge is 2.32. The van der Waals surface area contributed by atoms with Crippen LogP contribution in [-0.4, -0.2) is 21.3 Å². The molecule has 0 unspecified atom stereocenters. The molecule has 0 heterocycles. The van der Waals surface area contributed by atoms with Crippen LogP contribution in [0.4, 0.5) is 0 Å². The second-order valence-corrected chi connectivity index (χ2v) is 6.19. The molecule has 2 rings (SSSR count). The van der Waals surface area contributed by atoms with Crippen LogP contribution in [0.2, 0.25) is 0 Å². The van der Waals surface area contributed by atoms with Gasteiger partial charge in [-0.2, -0.15) is 0 Å². The standard InChI is InChI=1S/C18H22O4/c1-9(2)12-6-5-10(3)7-13(12)16-14(19)8-11(4)15(17(16)20)18(21)22/h7-8,12-13,19-20H,1,5-6H2,2-4H3,(H,21,22)/t12-,13+/m0/s1. The molecule has 4 heteroatoms. The number of phenolic OH excluding ortho intramolecular Hbond substituents is 1. The third kappa shape index (κ3) is 2.73. The van der Waals surface area contributed by atoms with Crippen molar-refractivity contribution in [3.8, 4) is 11.5 Å². The summed E-state index contributed by atoms with van der Waals surface area (Å²) < 4.78 is 0. The molecule has 0 fully saturated rings. The lowest BCUT2D eigenvalue weighted by Gasteiger charge is -2.31. The third-order valence-electron chi connectivity index (χ3n) is 4.44. The first-order valence-electron chi connectivity index (χ1n) is 7.35. The van der Waals surface area contributed by atoms with E-state index in [4.69, 9.17) is 0 Å². The molecule has 0 saturated carbocycles. The second kappa shape index (κ2) is 5.87. The Balaban J connectivity index is 2.69. The van der Waals surface area contributed by atoms with Crippen molar-refractivity contribution in [2.24, 2.45) is 5.92 Å². The number of hydrogen-bond acceptors (Lipinski definition) is 3. The molecule has 1 aliphatic rings. The number of aryl methyl sites for hydroxylation is 1. The van der Waals surface area contributed by atoms with Crippen LogP contribution in [0.1, 0.15) is 54.1 Å². The summed E-state index contributed by atoms with van der Waals surface area (Å²) in [7, 11) is 0. The Hall–Kier alpha value is -2.23. The average molecular weight is 302 g/mol. The molecule has 0 aliphatic heterocycles. The van der Waals surface area contributed by atoms with Crippen molar-refractivity contribution in [2.45, 2.75) is 39.5 Å². The summed E-state index contributed by atoms with van der Waals surface area (Å²) in [4.78, 5) is 11.4. The maximum Gasteiger partial charge on any atom is 0.339 e. The number of benzene rings is 1. The molecule has 1 aromatic rings. The Morgan fingerprint density at radius 1 is 1.32 bits per heavy atom. The van der Waals surface area contributed by atoms with Gasteiger partial charge in [-0.1, -0.05) is 23.8 Å². The summed E-state index contributed by atoms with van der Waals surface area (Å²) in [6, 6.07) is 1.41. The van der Waals surface area contributed by atoms with E-state index in [-0.39, 0.29) is 34.5 Å². The van der Waals surface area contributed by atoms with E-state index >= 15 is 0 Å². The van der Waals surface area contributed by atoms with Gasteiger partial charge in [0.05, 0.1) is 0 Å². The van der Waals surface area contributed by atoms with Crippen molar-refractivity contribution < 1.29 is 20.1 Å². The molecule has 0 aromatic heterocycles. The normalized spacial score (nSPS) is 21.3. The monoisotopic (exact) mass is 302 g/mol. The van der Waals surface area contributed by atoms with Gasteiger partial charge in [-0.25, -0.2) is 4.79 Å². The van der Waals surface area contributed by atoms with E-state index in [1.54, 1.807) is 6.92 Å². The average Bonchev–Trinajstić information content (AvgIpc) is 2.36. The van der Waals surface area contributed by atoms with Crippen LogP contribution in [0.5, 0.6) is 11.5 Å². The molecule has 0 spiro atoms. The zero-order valence-electron chi connectivity index (χ0n) is 13.2. The lowest BCUT2D eigenvalue weighted by Crippen LogP contribution is -2.18. The number of carbonyl (C=O) groups is 1. The van der Waals surface area contributed by atoms with Crippen LogP contribution < -0.4 is 0 Å². The van der Waals surface area contributed by atoms with E-state index < -0.39 is 5.97 Å².